The predicted octanol–water partition coefficient (Wildman–Crippen LogP) is -0.353. The summed E-state index contributed by atoms with van der Waals surface area (Å²) in [4.78, 5) is 0. The molecule has 0 bridgehead atoms. The summed E-state index contributed by atoms with van der Waals surface area (Å²) in [5.74, 6) is -0.713. The number of rotatable bonds is 6. The normalized spacial score (nSPS) is 14.9. The number of hydrogen-bond donors (Lipinski definition) is 0. The zero-order chi connectivity index (χ0) is 13.2. The first-order valence-electron chi connectivity index (χ1n) is 5.67. The van der Waals surface area contributed by atoms with Crippen molar-refractivity contribution in [3.63, 3.8) is 0 Å². The Morgan fingerprint density at radius 2 is 1.89 bits per heavy atom. The minimum absolute atomic E-state index is 0. The maximum absolute atomic E-state index is 13.2. The van der Waals surface area contributed by atoms with Gasteiger partial charge >= 0.3 is 58.4 Å². The molecule has 0 aliphatic heterocycles. The Hall–Kier alpha value is 0.401. The van der Waals surface area contributed by atoms with E-state index < -0.39 is 18.3 Å². The van der Waals surface area contributed by atoms with Gasteiger partial charge in [0.15, 0.2) is 6.79 Å². The van der Waals surface area contributed by atoms with Crippen LogP contribution in [-0.2, 0) is 4.74 Å². The summed E-state index contributed by atoms with van der Waals surface area (Å²) in [7, 11) is 0. The molecule has 2 rings (SSSR count). The first kappa shape index (κ1) is 17.5. The van der Waals surface area contributed by atoms with Crippen LogP contribution in [0.3, 0.4) is 0 Å². The van der Waals surface area contributed by atoms with E-state index in [-0.39, 0.29) is 63.9 Å². The molecule has 1 aliphatic rings. The smallest absolute Gasteiger partial charge is 0.467 e. The monoisotopic (exact) mass is 302 g/mol. The van der Waals surface area contributed by atoms with E-state index in [4.69, 9.17) is 9.47 Å². The van der Waals surface area contributed by atoms with Gasteiger partial charge < -0.3 is 22.4 Å². The summed E-state index contributed by atoms with van der Waals surface area (Å²) in [5, 5.41) is 0. The van der Waals surface area contributed by atoms with Crippen molar-refractivity contribution in [3.8, 4) is 5.75 Å². The van der Waals surface area contributed by atoms with E-state index in [0.29, 0.717) is 18.6 Å². The molecule has 0 saturated heterocycles. The van der Waals surface area contributed by atoms with Gasteiger partial charge in [-0.15, -0.1) is 0 Å². The molecule has 1 aromatic carbocycles. The van der Waals surface area contributed by atoms with Crippen molar-refractivity contribution in [3.05, 3.63) is 24.0 Å². The number of hydrogen-bond acceptors (Lipinski definition) is 2. The Labute approximate surface area is 151 Å². The zero-order valence-electron chi connectivity index (χ0n) is 10.5. The van der Waals surface area contributed by atoms with Crippen molar-refractivity contribution >= 4 is 12.4 Å². The Balaban J connectivity index is 0.00000180. The molecular weight excluding hydrogens is 290 g/mol. The molecule has 8 heteroatoms. The van der Waals surface area contributed by atoms with Gasteiger partial charge in [-0.05, 0) is 24.8 Å². The van der Waals surface area contributed by atoms with Crippen LogP contribution in [0.4, 0.5) is 17.3 Å². The van der Waals surface area contributed by atoms with Gasteiger partial charge in [0.25, 0.3) is 0 Å². The van der Waals surface area contributed by atoms with Crippen molar-refractivity contribution in [2.75, 3.05) is 13.4 Å². The third-order valence-corrected chi connectivity index (χ3v) is 2.68. The predicted molar refractivity (Wildman–Crippen MR) is 59.3 cm³/mol. The zero-order valence-corrected chi connectivity index (χ0v) is 13.7. The third kappa shape index (κ3) is 5.73. The van der Waals surface area contributed by atoms with Crippen LogP contribution in [0.25, 0.3) is 0 Å². The van der Waals surface area contributed by atoms with E-state index in [2.05, 4.69) is 0 Å². The molecule has 1 fully saturated rings. The van der Waals surface area contributed by atoms with Crippen LogP contribution in [0, 0.1) is 11.7 Å². The van der Waals surface area contributed by atoms with Crippen molar-refractivity contribution in [2.24, 2.45) is 5.92 Å². The van der Waals surface area contributed by atoms with Gasteiger partial charge in [-0.25, -0.2) is 4.39 Å². The van der Waals surface area contributed by atoms with Crippen LogP contribution in [0.1, 0.15) is 12.8 Å². The fourth-order valence-electron chi connectivity index (χ4n) is 1.47. The minimum atomic E-state index is -5.33. The van der Waals surface area contributed by atoms with Crippen LogP contribution in [0.2, 0.25) is 0 Å². The summed E-state index contributed by atoms with van der Waals surface area (Å²) >= 11 is 0. The first-order chi connectivity index (χ1) is 8.47. The third-order valence-electron chi connectivity index (χ3n) is 2.68. The molecule has 19 heavy (non-hydrogen) atoms. The molecule has 0 unspecified atom stereocenters. The second-order valence-electron chi connectivity index (χ2n) is 4.33. The van der Waals surface area contributed by atoms with Crippen LogP contribution >= 0.6 is 0 Å². The second kappa shape index (κ2) is 7.42. The molecule has 1 saturated carbocycles. The molecule has 0 heterocycles. The number of halogens is 4. The van der Waals surface area contributed by atoms with Gasteiger partial charge in [-0.3, -0.25) is 0 Å². The van der Waals surface area contributed by atoms with Gasteiger partial charge in [0.2, 0.25) is 0 Å². The van der Waals surface area contributed by atoms with Crippen molar-refractivity contribution in [1.82, 2.24) is 0 Å². The topological polar surface area (TPSA) is 18.5 Å². The summed E-state index contributed by atoms with van der Waals surface area (Å²) < 4.78 is 60.3. The van der Waals surface area contributed by atoms with Crippen LogP contribution in [0.5, 0.6) is 5.75 Å². The molecule has 0 spiro atoms. The molecular formula is C11H12BF4KO2. The van der Waals surface area contributed by atoms with Gasteiger partial charge in [0.1, 0.15) is 5.75 Å². The van der Waals surface area contributed by atoms with Crippen molar-refractivity contribution < 1.29 is 78.2 Å². The fourth-order valence-corrected chi connectivity index (χ4v) is 1.47. The van der Waals surface area contributed by atoms with Crippen LogP contribution in [0.15, 0.2) is 18.2 Å². The Bertz CT molecular complexity index is 424. The molecule has 100 valence electrons. The van der Waals surface area contributed by atoms with Crippen molar-refractivity contribution in [2.45, 2.75) is 12.8 Å². The minimum Gasteiger partial charge on any atom is -0.467 e. The molecule has 0 N–H and O–H groups in total. The van der Waals surface area contributed by atoms with E-state index in [1.807, 2.05) is 0 Å². The summed E-state index contributed by atoms with van der Waals surface area (Å²) in [6.45, 7) is -4.83. The van der Waals surface area contributed by atoms with Crippen molar-refractivity contribution in [1.29, 1.82) is 0 Å². The average molecular weight is 302 g/mol. The summed E-state index contributed by atoms with van der Waals surface area (Å²) in [6.07, 6.45) is 2.27. The van der Waals surface area contributed by atoms with Gasteiger partial charge in [0, 0.05) is 6.07 Å². The van der Waals surface area contributed by atoms with Gasteiger partial charge in [-0.2, -0.15) is 0 Å². The molecule has 2 nitrogen and oxygen atoms in total. The molecule has 0 atom stereocenters. The largest absolute Gasteiger partial charge is 1.00 e. The van der Waals surface area contributed by atoms with Gasteiger partial charge in [-0.1, -0.05) is 11.5 Å². The number of ether oxygens (including phenoxy) is 2. The first-order valence-corrected chi connectivity index (χ1v) is 5.67. The van der Waals surface area contributed by atoms with Gasteiger partial charge in [0.05, 0.1) is 12.4 Å². The molecule has 1 aromatic rings. The molecule has 0 radical (unpaired) electrons. The molecule has 0 aromatic heterocycles. The molecule has 1 aliphatic carbocycles. The van der Waals surface area contributed by atoms with E-state index in [0.717, 1.165) is 25.0 Å². The second-order valence-corrected chi connectivity index (χ2v) is 4.33. The van der Waals surface area contributed by atoms with Crippen LogP contribution in [-0.4, -0.2) is 20.4 Å². The Kier molecular flexibility index (Phi) is 6.82. The Morgan fingerprint density at radius 3 is 2.42 bits per heavy atom. The quantitative estimate of drug-likeness (QED) is 0.309. The van der Waals surface area contributed by atoms with E-state index >= 15 is 0 Å². The summed E-state index contributed by atoms with van der Waals surface area (Å²) in [5.41, 5.74) is -1.23. The maximum Gasteiger partial charge on any atom is 1.00 e. The average Bonchev–Trinajstić information content (AvgIpc) is 3.06. The fraction of sp³-hybridized carbons (Fsp3) is 0.455. The van der Waals surface area contributed by atoms with E-state index in [9.17, 15) is 17.3 Å². The SMILES string of the molecule is Fc1cc(OCOCC2CC2)ccc1[B-](F)(F)F.[K+]. The maximum atomic E-state index is 13.2. The molecule has 0 amide bonds. The van der Waals surface area contributed by atoms with E-state index in [1.165, 1.54) is 0 Å². The summed E-state index contributed by atoms with van der Waals surface area (Å²) in [6, 6.07) is 2.50. The Morgan fingerprint density at radius 1 is 1.21 bits per heavy atom. The number of benzene rings is 1. The van der Waals surface area contributed by atoms with E-state index in [1.54, 1.807) is 0 Å². The standard InChI is InChI=1S/C11H12BF4O2.K/c13-11-5-9(3-4-10(11)12(14,15)16)18-7-17-6-8-1-2-8;/h3-5,8H,1-2,6-7H2;/q-1;+1. The van der Waals surface area contributed by atoms with Crippen LogP contribution < -0.4 is 61.6 Å².